The van der Waals surface area contributed by atoms with Gasteiger partial charge in [0, 0.05) is 19.7 Å². The van der Waals surface area contributed by atoms with E-state index in [0.29, 0.717) is 5.92 Å². The summed E-state index contributed by atoms with van der Waals surface area (Å²) in [7, 11) is 0. The first-order valence-corrected chi connectivity index (χ1v) is 4.81. The van der Waals surface area contributed by atoms with Crippen LogP contribution in [-0.4, -0.2) is 18.3 Å². The fourth-order valence-electron chi connectivity index (χ4n) is 2.00. The SMILES string of the molecule is OCC[C@@H]1CNCc2ccccc21. The van der Waals surface area contributed by atoms with E-state index < -0.39 is 0 Å². The van der Waals surface area contributed by atoms with Gasteiger partial charge in [-0.05, 0) is 23.5 Å². The second kappa shape index (κ2) is 3.90. The fraction of sp³-hybridized carbons (Fsp3) is 0.455. The van der Waals surface area contributed by atoms with E-state index in [2.05, 4.69) is 29.6 Å². The van der Waals surface area contributed by atoms with Gasteiger partial charge >= 0.3 is 0 Å². The average molecular weight is 177 g/mol. The Hall–Kier alpha value is -0.860. The molecule has 0 spiro atoms. The highest BCUT2D eigenvalue weighted by molar-refractivity contribution is 5.32. The van der Waals surface area contributed by atoms with E-state index in [1.807, 2.05) is 0 Å². The maximum absolute atomic E-state index is 8.92. The number of hydrogen-bond acceptors (Lipinski definition) is 2. The lowest BCUT2D eigenvalue weighted by Gasteiger charge is -2.25. The molecule has 0 bridgehead atoms. The van der Waals surface area contributed by atoms with E-state index in [4.69, 9.17) is 5.11 Å². The molecule has 2 N–H and O–H groups in total. The van der Waals surface area contributed by atoms with Crippen molar-refractivity contribution >= 4 is 0 Å². The summed E-state index contributed by atoms with van der Waals surface area (Å²) in [6, 6.07) is 8.48. The van der Waals surface area contributed by atoms with Crippen LogP contribution in [0.1, 0.15) is 23.5 Å². The number of nitrogens with one attached hydrogen (secondary N) is 1. The third-order valence-electron chi connectivity index (χ3n) is 2.68. The Labute approximate surface area is 78.6 Å². The van der Waals surface area contributed by atoms with Crippen LogP contribution in [0.4, 0.5) is 0 Å². The lowest BCUT2D eigenvalue weighted by Crippen LogP contribution is -2.28. The van der Waals surface area contributed by atoms with Crippen LogP contribution >= 0.6 is 0 Å². The number of aliphatic hydroxyl groups excluding tert-OH is 1. The summed E-state index contributed by atoms with van der Waals surface area (Å²) in [5.41, 5.74) is 2.79. The highest BCUT2D eigenvalue weighted by atomic mass is 16.3. The first-order valence-electron chi connectivity index (χ1n) is 4.81. The van der Waals surface area contributed by atoms with Gasteiger partial charge in [0.15, 0.2) is 0 Å². The number of benzene rings is 1. The van der Waals surface area contributed by atoms with E-state index >= 15 is 0 Å². The van der Waals surface area contributed by atoms with Gasteiger partial charge in [-0.15, -0.1) is 0 Å². The lowest BCUT2D eigenvalue weighted by molar-refractivity contribution is 0.271. The summed E-state index contributed by atoms with van der Waals surface area (Å²) >= 11 is 0. The van der Waals surface area contributed by atoms with Crippen LogP contribution in [-0.2, 0) is 6.54 Å². The molecule has 2 rings (SSSR count). The Morgan fingerprint density at radius 2 is 2.23 bits per heavy atom. The molecule has 1 heterocycles. The molecule has 0 saturated heterocycles. The van der Waals surface area contributed by atoms with Gasteiger partial charge in [0.1, 0.15) is 0 Å². The standard InChI is InChI=1S/C11H15NO/c13-6-5-10-8-12-7-9-3-1-2-4-11(9)10/h1-4,10,12-13H,5-8H2/t10-/m1/s1. The summed E-state index contributed by atoms with van der Waals surface area (Å²) in [5.74, 6) is 0.495. The summed E-state index contributed by atoms with van der Waals surface area (Å²) in [6.45, 7) is 2.25. The molecule has 0 amide bonds. The maximum Gasteiger partial charge on any atom is 0.0437 e. The van der Waals surface area contributed by atoms with E-state index in [1.165, 1.54) is 11.1 Å². The highest BCUT2D eigenvalue weighted by Crippen LogP contribution is 2.25. The molecule has 1 aromatic carbocycles. The lowest BCUT2D eigenvalue weighted by atomic mass is 9.89. The van der Waals surface area contributed by atoms with Crippen molar-refractivity contribution in [2.75, 3.05) is 13.2 Å². The molecule has 2 heteroatoms. The molecule has 0 aliphatic carbocycles. The van der Waals surface area contributed by atoms with E-state index in [0.717, 1.165) is 19.5 Å². The molecule has 13 heavy (non-hydrogen) atoms. The molecule has 1 aliphatic rings. The highest BCUT2D eigenvalue weighted by Gasteiger charge is 2.18. The molecule has 1 aromatic rings. The van der Waals surface area contributed by atoms with Crippen molar-refractivity contribution in [2.45, 2.75) is 18.9 Å². The summed E-state index contributed by atoms with van der Waals surface area (Å²) in [5, 5.41) is 12.3. The van der Waals surface area contributed by atoms with E-state index in [-0.39, 0.29) is 6.61 Å². The minimum Gasteiger partial charge on any atom is -0.396 e. The van der Waals surface area contributed by atoms with Gasteiger partial charge in [0.25, 0.3) is 0 Å². The molecule has 0 unspecified atom stereocenters. The Morgan fingerprint density at radius 3 is 3.08 bits per heavy atom. The largest absolute Gasteiger partial charge is 0.396 e. The monoisotopic (exact) mass is 177 g/mol. The normalized spacial score (nSPS) is 21.2. The van der Waals surface area contributed by atoms with Crippen molar-refractivity contribution < 1.29 is 5.11 Å². The van der Waals surface area contributed by atoms with Gasteiger partial charge in [-0.1, -0.05) is 24.3 Å². The van der Waals surface area contributed by atoms with Gasteiger partial charge in [0.05, 0.1) is 0 Å². The van der Waals surface area contributed by atoms with Crippen molar-refractivity contribution in [3.63, 3.8) is 0 Å². The average Bonchev–Trinajstić information content (AvgIpc) is 2.19. The first-order chi connectivity index (χ1) is 6.42. The molecule has 0 aromatic heterocycles. The smallest absolute Gasteiger partial charge is 0.0437 e. The maximum atomic E-state index is 8.92. The van der Waals surface area contributed by atoms with Crippen LogP contribution in [0.15, 0.2) is 24.3 Å². The van der Waals surface area contributed by atoms with E-state index in [1.54, 1.807) is 0 Å². The number of fused-ring (bicyclic) bond motifs is 1. The van der Waals surface area contributed by atoms with Gasteiger partial charge in [-0.2, -0.15) is 0 Å². The molecule has 2 nitrogen and oxygen atoms in total. The van der Waals surface area contributed by atoms with Gasteiger partial charge in [-0.25, -0.2) is 0 Å². The van der Waals surface area contributed by atoms with Crippen LogP contribution in [0.3, 0.4) is 0 Å². The zero-order chi connectivity index (χ0) is 9.10. The van der Waals surface area contributed by atoms with Crippen molar-refractivity contribution in [2.24, 2.45) is 0 Å². The van der Waals surface area contributed by atoms with Gasteiger partial charge < -0.3 is 10.4 Å². The zero-order valence-electron chi connectivity index (χ0n) is 7.66. The van der Waals surface area contributed by atoms with Gasteiger partial charge in [0.2, 0.25) is 0 Å². The van der Waals surface area contributed by atoms with Crippen LogP contribution in [0, 0.1) is 0 Å². The minimum absolute atomic E-state index is 0.278. The molecule has 0 saturated carbocycles. The topological polar surface area (TPSA) is 32.3 Å². The molecule has 0 fully saturated rings. The predicted molar refractivity (Wildman–Crippen MR) is 52.6 cm³/mol. The number of rotatable bonds is 2. The van der Waals surface area contributed by atoms with Crippen LogP contribution in [0.5, 0.6) is 0 Å². The molecule has 0 radical (unpaired) electrons. The van der Waals surface area contributed by atoms with Gasteiger partial charge in [-0.3, -0.25) is 0 Å². The summed E-state index contributed by atoms with van der Waals surface area (Å²) in [6.07, 6.45) is 0.865. The third-order valence-corrected chi connectivity index (χ3v) is 2.68. The molecule has 70 valence electrons. The molecular weight excluding hydrogens is 162 g/mol. The Bertz CT molecular complexity index is 285. The second-order valence-electron chi connectivity index (χ2n) is 3.54. The van der Waals surface area contributed by atoms with E-state index in [9.17, 15) is 0 Å². The molecule has 1 aliphatic heterocycles. The molecular formula is C11H15NO. The third kappa shape index (κ3) is 1.74. The summed E-state index contributed by atoms with van der Waals surface area (Å²) in [4.78, 5) is 0. The zero-order valence-corrected chi connectivity index (χ0v) is 7.66. The Balaban J connectivity index is 2.26. The van der Waals surface area contributed by atoms with Crippen molar-refractivity contribution in [3.05, 3.63) is 35.4 Å². The fourth-order valence-corrected chi connectivity index (χ4v) is 2.00. The van der Waals surface area contributed by atoms with Crippen LogP contribution < -0.4 is 5.32 Å². The van der Waals surface area contributed by atoms with Crippen molar-refractivity contribution in [1.29, 1.82) is 0 Å². The van der Waals surface area contributed by atoms with Crippen LogP contribution in [0.25, 0.3) is 0 Å². The number of hydrogen-bond donors (Lipinski definition) is 2. The Morgan fingerprint density at radius 1 is 1.38 bits per heavy atom. The summed E-state index contributed by atoms with van der Waals surface area (Å²) < 4.78 is 0. The minimum atomic E-state index is 0.278. The van der Waals surface area contributed by atoms with Crippen molar-refractivity contribution in [3.8, 4) is 0 Å². The second-order valence-corrected chi connectivity index (χ2v) is 3.54. The number of aliphatic hydroxyl groups is 1. The Kier molecular flexibility index (Phi) is 2.62. The molecule has 1 atom stereocenters. The first kappa shape index (κ1) is 8.73. The van der Waals surface area contributed by atoms with Crippen molar-refractivity contribution in [1.82, 2.24) is 5.32 Å². The van der Waals surface area contributed by atoms with Crippen LogP contribution in [0.2, 0.25) is 0 Å². The quantitative estimate of drug-likeness (QED) is 0.712. The predicted octanol–water partition coefficient (Wildman–Crippen LogP) is 1.26.